The summed E-state index contributed by atoms with van der Waals surface area (Å²) in [6.07, 6.45) is 3.50. The number of hydrogen-bond donors (Lipinski definition) is 1. The maximum Gasteiger partial charge on any atom is 0.269 e. The van der Waals surface area contributed by atoms with Crippen LogP contribution in [-0.4, -0.2) is 39.8 Å². The SMILES string of the molecule is Cc1ccc2nc(N3CCC(NC(=O)c4ccnn4C)CC3)sc2c1. The highest BCUT2D eigenvalue weighted by atomic mass is 32.1. The average molecular weight is 355 g/mol. The first-order valence-electron chi connectivity index (χ1n) is 8.51. The van der Waals surface area contributed by atoms with E-state index in [0.717, 1.165) is 36.6 Å². The van der Waals surface area contributed by atoms with Crippen LogP contribution < -0.4 is 10.2 Å². The highest BCUT2D eigenvalue weighted by Crippen LogP contribution is 2.31. The van der Waals surface area contributed by atoms with Gasteiger partial charge in [0.1, 0.15) is 5.69 Å². The van der Waals surface area contributed by atoms with Crippen LogP contribution in [0, 0.1) is 6.92 Å². The highest BCUT2D eigenvalue weighted by Gasteiger charge is 2.23. The number of hydrogen-bond acceptors (Lipinski definition) is 5. The van der Waals surface area contributed by atoms with E-state index < -0.39 is 0 Å². The summed E-state index contributed by atoms with van der Waals surface area (Å²) in [6.45, 7) is 3.93. The number of fused-ring (bicyclic) bond motifs is 1. The quantitative estimate of drug-likeness (QED) is 0.785. The summed E-state index contributed by atoms with van der Waals surface area (Å²) in [5.41, 5.74) is 2.93. The molecule has 130 valence electrons. The minimum atomic E-state index is -0.0473. The zero-order valence-electron chi connectivity index (χ0n) is 14.4. The molecule has 3 aromatic rings. The molecule has 6 nitrogen and oxygen atoms in total. The summed E-state index contributed by atoms with van der Waals surface area (Å²) in [4.78, 5) is 19.4. The number of benzene rings is 1. The van der Waals surface area contributed by atoms with Gasteiger partial charge >= 0.3 is 0 Å². The Morgan fingerprint density at radius 2 is 2.08 bits per heavy atom. The fourth-order valence-corrected chi connectivity index (χ4v) is 4.34. The van der Waals surface area contributed by atoms with Crippen molar-refractivity contribution in [1.29, 1.82) is 0 Å². The van der Waals surface area contributed by atoms with Crippen molar-refractivity contribution in [2.45, 2.75) is 25.8 Å². The maximum atomic E-state index is 12.3. The molecule has 2 aromatic heterocycles. The Hall–Kier alpha value is -2.41. The zero-order valence-corrected chi connectivity index (χ0v) is 15.2. The lowest BCUT2D eigenvalue weighted by Crippen LogP contribution is -2.45. The molecule has 1 N–H and O–H groups in total. The molecular weight excluding hydrogens is 334 g/mol. The Labute approximate surface area is 150 Å². The van der Waals surface area contributed by atoms with Crippen LogP contribution in [0.4, 0.5) is 5.13 Å². The first-order valence-corrected chi connectivity index (χ1v) is 9.33. The van der Waals surface area contributed by atoms with Crippen molar-refractivity contribution in [2.75, 3.05) is 18.0 Å². The predicted molar refractivity (Wildman–Crippen MR) is 100 cm³/mol. The van der Waals surface area contributed by atoms with Gasteiger partial charge in [0.15, 0.2) is 5.13 Å². The fraction of sp³-hybridized carbons (Fsp3) is 0.389. The molecule has 1 aliphatic heterocycles. The van der Waals surface area contributed by atoms with Crippen LogP contribution in [-0.2, 0) is 7.05 Å². The largest absolute Gasteiger partial charge is 0.348 e. The molecule has 0 atom stereocenters. The molecule has 0 saturated carbocycles. The lowest BCUT2D eigenvalue weighted by Gasteiger charge is -2.32. The Balaban J connectivity index is 1.39. The standard InChI is InChI=1S/C18H21N5OS/c1-12-3-4-14-16(11-12)25-18(21-14)23-9-6-13(7-10-23)20-17(24)15-5-8-19-22(15)2/h3-5,8,11,13H,6-7,9-10H2,1-2H3,(H,20,24). The molecule has 1 aromatic carbocycles. The van der Waals surface area contributed by atoms with E-state index >= 15 is 0 Å². The predicted octanol–water partition coefficient (Wildman–Crippen LogP) is 2.74. The van der Waals surface area contributed by atoms with Crippen LogP contribution in [0.5, 0.6) is 0 Å². The van der Waals surface area contributed by atoms with Crippen molar-refractivity contribution >= 4 is 32.6 Å². The Morgan fingerprint density at radius 3 is 2.80 bits per heavy atom. The Kier molecular flexibility index (Phi) is 4.17. The van der Waals surface area contributed by atoms with Gasteiger partial charge in [-0.25, -0.2) is 4.98 Å². The number of aryl methyl sites for hydroxylation is 2. The molecule has 0 unspecified atom stereocenters. The van der Waals surface area contributed by atoms with Crippen LogP contribution >= 0.6 is 11.3 Å². The number of aromatic nitrogens is 3. The molecule has 1 amide bonds. The van der Waals surface area contributed by atoms with Crippen LogP contribution in [0.3, 0.4) is 0 Å². The Morgan fingerprint density at radius 1 is 1.28 bits per heavy atom. The number of amides is 1. The lowest BCUT2D eigenvalue weighted by atomic mass is 10.1. The third-order valence-electron chi connectivity index (χ3n) is 4.69. The summed E-state index contributed by atoms with van der Waals surface area (Å²) in [6, 6.07) is 8.33. The molecule has 1 saturated heterocycles. The van der Waals surface area contributed by atoms with Crippen LogP contribution in [0.25, 0.3) is 10.2 Å². The van der Waals surface area contributed by atoms with Crippen LogP contribution in [0.15, 0.2) is 30.5 Å². The number of thiazole rings is 1. The average Bonchev–Trinajstić information content (AvgIpc) is 3.21. The minimum absolute atomic E-state index is 0.0473. The summed E-state index contributed by atoms with van der Waals surface area (Å²) < 4.78 is 2.84. The molecule has 0 radical (unpaired) electrons. The van der Waals surface area contributed by atoms with Crippen molar-refractivity contribution in [2.24, 2.45) is 7.05 Å². The molecule has 0 spiro atoms. The van der Waals surface area contributed by atoms with Crippen LogP contribution in [0.2, 0.25) is 0 Å². The number of carbonyl (C=O) groups excluding carboxylic acids is 1. The Bertz CT molecular complexity index is 907. The summed E-state index contributed by atoms with van der Waals surface area (Å²) in [5.74, 6) is -0.0473. The minimum Gasteiger partial charge on any atom is -0.348 e. The van der Waals surface area contributed by atoms with E-state index in [1.807, 2.05) is 0 Å². The molecule has 4 rings (SSSR count). The van der Waals surface area contributed by atoms with E-state index in [1.54, 1.807) is 35.3 Å². The number of nitrogens with one attached hydrogen (secondary N) is 1. The van der Waals surface area contributed by atoms with E-state index in [0.29, 0.717) is 5.69 Å². The lowest BCUT2D eigenvalue weighted by molar-refractivity contribution is 0.0921. The molecular formula is C18H21N5OS. The van der Waals surface area contributed by atoms with Gasteiger partial charge in [0.2, 0.25) is 0 Å². The third kappa shape index (κ3) is 3.24. The molecule has 3 heterocycles. The van der Waals surface area contributed by atoms with E-state index in [4.69, 9.17) is 4.98 Å². The van der Waals surface area contributed by atoms with Gasteiger partial charge in [0.05, 0.1) is 10.2 Å². The third-order valence-corrected chi connectivity index (χ3v) is 5.77. The van der Waals surface area contributed by atoms with Gasteiger partial charge in [-0.2, -0.15) is 5.10 Å². The molecule has 0 aliphatic carbocycles. The highest BCUT2D eigenvalue weighted by molar-refractivity contribution is 7.22. The normalized spacial score (nSPS) is 15.7. The first kappa shape index (κ1) is 16.1. The number of rotatable bonds is 3. The van der Waals surface area contributed by atoms with Gasteiger partial charge in [0, 0.05) is 32.4 Å². The number of anilines is 1. The van der Waals surface area contributed by atoms with E-state index in [-0.39, 0.29) is 11.9 Å². The van der Waals surface area contributed by atoms with Gasteiger partial charge in [0.25, 0.3) is 5.91 Å². The van der Waals surface area contributed by atoms with Crippen molar-refractivity contribution < 1.29 is 4.79 Å². The van der Waals surface area contributed by atoms with E-state index in [2.05, 4.69) is 40.4 Å². The maximum absolute atomic E-state index is 12.3. The topological polar surface area (TPSA) is 63.1 Å². The van der Waals surface area contributed by atoms with Gasteiger partial charge in [-0.3, -0.25) is 9.48 Å². The smallest absolute Gasteiger partial charge is 0.269 e. The van der Waals surface area contributed by atoms with Gasteiger partial charge in [-0.1, -0.05) is 17.4 Å². The summed E-state index contributed by atoms with van der Waals surface area (Å²) in [7, 11) is 1.78. The molecule has 1 fully saturated rings. The van der Waals surface area contributed by atoms with Gasteiger partial charge < -0.3 is 10.2 Å². The molecule has 25 heavy (non-hydrogen) atoms. The first-order chi connectivity index (χ1) is 12.1. The number of carbonyl (C=O) groups is 1. The van der Waals surface area contributed by atoms with Gasteiger partial charge in [-0.05, 0) is 43.5 Å². The van der Waals surface area contributed by atoms with Gasteiger partial charge in [-0.15, -0.1) is 0 Å². The second-order valence-electron chi connectivity index (χ2n) is 6.54. The van der Waals surface area contributed by atoms with Crippen molar-refractivity contribution in [3.8, 4) is 0 Å². The van der Waals surface area contributed by atoms with Crippen molar-refractivity contribution in [3.05, 3.63) is 41.7 Å². The van der Waals surface area contributed by atoms with Crippen molar-refractivity contribution in [1.82, 2.24) is 20.1 Å². The molecule has 1 aliphatic rings. The van der Waals surface area contributed by atoms with Crippen LogP contribution in [0.1, 0.15) is 28.9 Å². The van der Waals surface area contributed by atoms with E-state index in [9.17, 15) is 4.79 Å². The van der Waals surface area contributed by atoms with Crippen molar-refractivity contribution in [3.63, 3.8) is 0 Å². The summed E-state index contributed by atoms with van der Waals surface area (Å²) in [5, 5.41) is 8.26. The zero-order chi connectivity index (χ0) is 17.4. The summed E-state index contributed by atoms with van der Waals surface area (Å²) >= 11 is 1.75. The second-order valence-corrected chi connectivity index (χ2v) is 7.55. The number of piperidine rings is 1. The molecule has 7 heteroatoms. The fourth-order valence-electron chi connectivity index (χ4n) is 3.23. The molecule has 0 bridgehead atoms. The number of nitrogens with zero attached hydrogens (tertiary/aromatic N) is 4. The van der Waals surface area contributed by atoms with E-state index in [1.165, 1.54) is 10.3 Å². The monoisotopic (exact) mass is 355 g/mol. The second kappa shape index (κ2) is 6.48.